The van der Waals surface area contributed by atoms with Gasteiger partial charge >= 0.3 is 0 Å². The van der Waals surface area contributed by atoms with E-state index >= 15 is 0 Å². The molecular formula is C14H12Cl2F3N3O. The third-order valence-electron chi connectivity index (χ3n) is 3.05. The molecule has 0 fully saturated rings. The van der Waals surface area contributed by atoms with Crippen molar-refractivity contribution in [2.24, 2.45) is 7.05 Å². The fourth-order valence-electron chi connectivity index (χ4n) is 1.98. The zero-order chi connectivity index (χ0) is 17.1. The molecule has 0 saturated heterocycles. The number of hydrogen-bond acceptors (Lipinski definition) is 2. The lowest BCUT2D eigenvalue weighted by molar-refractivity contribution is 0.0927. The Morgan fingerprint density at radius 1 is 1.35 bits per heavy atom. The van der Waals surface area contributed by atoms with Crippen molar-refractivity contribution in [2.75, 3.05) is 6.54 Å². The predicted octanol–water partition coefficient (Wildman–Crippen LogP) is 4.11. The first kappa shape index (κ1) is 17.6. The van der Waals surface area contributed by atoms with Crippen LogP contribution in [0.2, 0.25) is 10.0 Å². The molecule has 0 radical (unpaired) electrons. The number of aromatic nitrogens is 2. The SMILES string of the molecule is Cn1cc(C(=O)NCC(F)c2ccc(Cl)cc2Cl)c(C(F)F)n1. The van der Waals surface area contributed by atoms with Gasteiger partial charge in [-0.3, -0.25) is 9.48 Å². The number of aryl methyl sites for hydroxylation is 1. The van der Waals surface area contributed by atoms with Crippen LogP contribution in [-0.2, 0) is 7.05 Å². The summed E-state index contributed by atoms with van der Waals surface area (Å²) in [5.74, 6) is -0.832. The van der Waals surface area contributed by atoms with Gasteiger partial charge in [0.15, 0.2) is 0 Å². The predicted molar refractivity (Wildman–Crippen MR) is 80.8 cm³/mol. The number of benzene rings is 1. The fraction of sp³-hybridized carbons (Fsp3) is 0.286. The molecule has 0 saturated carbocycles. The van der Waals surface area contributed by atoms with E-state index in [1.165, 1.54) is 25.2 Å². The Morgan fingerprint density at radius 2 is 2.04 bits per heavy atom. The van der Waals surface area contributed by atoms with Crippen LogP contribution in [0.15, 0.2) is 24.4 Å². The van der Waals surface area contributed by atoms with E-state index in [1.807, 2.05) is 0 Å². The number of nitrogens with one attached hydrogen (secondary N) is 1. The zero-order valence-corrected chi connectivity index (χ0v) is 13.4. The summed E-state index contributed by atoms with van der Waals surface area (Å²) in [6, 6.07) is 4.24. The molecule has 0 aliphatic heterocycles. The van der Waals surface area contributed by atoms with Crippen LogP contribution in [0.4, 0.5) is 13.2 Å². The second-order valence-electron chi connectivity index (χ2n) is 4.75. The Hall–Kier alpha value is -1.73. The van der Waals surface area contributed by atoms with Gasteiger partial charge in [0, 0.05) is 28.9 Å². The third-order valence-corrected chi connectivity index (χ3v) is 3.61. The van der Waals surface area contributed by atoms with Crippen LogP contribution in [0.25, 0.3) is 0 Å². The summed E-state index contributed by atoms with van der Waals surface area (Å²) in [4.78, 5) is 11.9. The summed E-state index contributed by atoms with van der Waals surface area (Å²) in [5, 5.41) is 6.25. The van der Waals surface area contributed by atoms with E-state index in [-0.39, 0.29) is 16.1 Å². The number of carbonyl (C=O) groups is 1. The Kier molecular flexibility index (Phi) is 5.54. The van der Waals surface area contributed by atoms with Crippen LogP contribution in [0.1, 0.15) is 34.2 Å². The molecule has 4 nitrogen and oxygen atoms in total. The van der Waals surface area contributed by atoms with Crippen molar-refractivity contribution in [1.29, 1.82) is 0 Å². The summed E-state index contributed by atoms with van der Waals surface area (Å²) in [5.41, 5.74) is -0.793. The Morgan fingerprint density at radius 3 is 2.65 bits per heavy atom. The van der Waals surface area contributed by atoms with Gasteiger partial charge in [-0.2, -0.15) is 5.10 Å². The molecule has 1 aromatic heterocycles. The van der Waals surface area contributed by atoms with Crippen LogP contribution in [0.3, 0.4) is 0 Å². The van der Waals surface area contributed by atoms with E-state index in [9.17, 15) is 18.0 Å². The van der Waals surface area contributed by atoms with Crippen LogP contribution in [0.5, 0.6) is 0 Å². The van der Waals surface area contributed by atoms with Crippen molar-refractivity contribution in [3.05, 3.63) is 51.3 Å². The zero-order valence-electron chi connectivity index (χ0n) is 11.9. The van der Waals surface area contributed by atoms with E-state index < -0.39 is 30.7 Å². The highest BCUT2D eigenvalue weighted by atomic mass is 35.5. The number of carbonyl (C=O) groups excluding carboxylic acids is 1. The van der Waals surface area contributed by atoms with E-state index in [0.717, 1.165) is 10.9 Å². The van der Waals surface area contributed by atoms with Crippen LogP contribution in [0, 0.1) is 0 Å². The molecule has 1 N–H and O–H groups in total. The number of halogens is 5. The fourth-order valence-corrected chi connectivity index (χ4v) is 2.51. The average Bonchev–Trinajstić information content (AvgIpc) is 2.86. The summed E-state index contributed by atoms with van der Waals surface area (Å²) in [6.07, 6.45) is -3.35. The van der Waals surface area contributed by atoms with Gasteiger partial charge in [0.2, 0.25) is 0 Å². The van der Waals surface area contributed by atoms with Gasteiger partial charge in [-0.1, -0.05) is 29.3 Å². The van der Waals surface area contributed by atoms with Gasteiger partial charge in [-0.15, -0.1) is 0 Å². The summed E-state index contributed by atoms with van der Waals surface area (Å²) >= 11 is 11.6. The normalized spacial score (nSPS) is 12.5. The molecule has 9 heteroatoms. The summed E-state index contributed by atoms with van der Waals surface area (Å²) < 4.78 is 40.8. The van der Waals surface area contributed by atoms with Gasteiger partial charge in [0.05, 0.1) is 12.1 Å². The second kappa shape index (κ2) is 7.23. The van der Waals surface area contributed by atoms with Crippen molar-refractivity contribution >= 4 is 29.1 Å². The molecule has 1 amide bonds. The van der Waals surface area contributed by atoms with Crippen molar-refractivity contribution in [1.82, 2.24) is 15.1 Å². The largest absolute Gasteiger partial charge is 0.349 e. The standard InChI is InChI=1S/C14H12Cl2F3N3O/c1-22-6-9(12(21-22)13(18)19)14(23)20-5-11(17)8-3-2-7(15)4-10(8)16/h2-4,6,11,13H,5H2,1H3,(H,20,23). The van der Waals surface area contributed by atoms with Gasteiger partial charge in [0.25, 0.3) is 12.3 Å². The number of rotatable bonds is 5. The Balaban J connectivity index is 2.07. The highest BCUT2D eigenvalue weighted by Crippen LogP contribution is 2.28. The molecule has 23 heavy (non-hydrogen) atoms. The summed E-state index contributed by atoms with van der Waals surface area (Å²) in [6.45, 7) is -0.419. The van der Waals surface area contributed by atoms with Crippen LogP contribution < -0.4 is 5.32 Å². The molecule has 2 rings (SSSR count). The van der Waals surface area contributed by atoms with E-state index in [2.05, 4.69) is 10.4 Å². The molecule has 1 heterocycles. The van der Waals surface area contributed by atoms with Crippen molar-refractivity contribution in [3.63, 3.8) is 0 Å². The number of amides is 1. The van der Waals surface area contributed by atoms with Gasteiger partial charge in [0.1, 0.15) is 11.9 Å². The van der Waals surface area contributed by atoms with E-state index in [0.29, 0.717) is 5.02 Å². The number of alkyl halides is 3. The quantitative estimate of drug-likeness (QED) is 0.866. The van der Waals surface area contributed by atoms with Crippen molar-refractivity contribution in [3.8, 4) is 0 Å². The lowest BCUT2D eigenvalue weighted by Gasteiger charge is -2.12. The maximum atomic E-state index is 14.2. The highest BCUT2D eigenvalue weighted by Gasteiger charge is 2.23. The lowest BCUT2D eigenvalue weighted by atomic mass is 10.1. The Bertz CT molecular complexity index is 721. The minimum Gasteiger partial charge on any atom is -0.349 e. The summed E-state index contributed by atoms with van der Waals surface area (Å²) in [7, 11) is 1.41. The molecular weight excluding hydrogens is 354 g/mol. The molecule has 0 aliphatic rings. The minimum absolute atomic E-state index is 0.119. The monoisotopic (exact) mass is 365 g/mol. The Labute approximate surface area is 140 Å². The molecule has 0 bridgehead atoms. The van der Waals surface area contributed by atoms with Crippen LogP contribution >= 0.6 is 23.2 Å². The number of hydrogen-bond donors (Lipinski definition) is 1. The smallest absolute Gasteiger partial charge is 0.282 e. The molecule has 0 aliphatic carbocycles. The molecule has 0 spiro atoms. The topological polar surface area (TPSA) is 46.9 Å². The first-order chi connectivity index (χ1) is 10.8. The van der Waals surface area contributed by atoms with Gasteiger partial charge in [-0.25, -0.2) is 13.2 Å². The molecule has 2 aromatic rings. The lowest BCUT2D eigenvalue weighted by Crippen LogP contribution is -2.27. The highest BCUT2D eigenvalue weighted by molar-refractivity contribution is 6.35. The third kappa shape index (κ3) is 4.17. The first-order valence-corrected chi connectivity index (χ1v) is 7.24. The van der Waals surface area contributed by atoms with Crippen LogP contribution in [-0.4, -0.2) is 22.2 Å². The van der Waals surface area contributed by atoms with Crippen molar-refractivity contribution in [2.45, 2.75) is 12.6 Å². The number of nitrogens with zero attached hydrogens (tertiary/aromatic N) is 2. The second-order valence-corrected chi connectivity index (χ2v) is 5.59. The van der Waals surface area contributed by atoms with Crippen molar-refractivity contribution < 1.29 is 18.0 Å². The molecule has 1 unspecified atom stereocenters. The van der Waals surface area contributed by atoms with E-state index in [1.54, 1.807) is 0 Å². The molecule has 1 aromatic carbocycles. The van der Waals surface area contributed by atoms with E-state index in [4.69, 9.17) is 23.2 Å². The molecule has 124 valence electrons. The van der Waals surface area contributed by atoms with Gasteiger partial charge < -0.3 is 5.32 Å². The molecule has 1 atom stereocenters. The first-order valence-electron chi connectivity index (χ1n) is 6.48. The minimum atomic E-state index is -2.90. The maximum absolute atomic E-state index is 14.2. The maximum Gasteiger partial charge on any atom is 0.282 e. The average molecular weight is 366 g/mol. The van der Waals surface area contributed by atoms with Gasteiger partial charge in [-0.05, 0) is 12.1 Å².